The Kier molecular flexibility index (Phi) is 7.10. The fraction of sp³-hybridized carbons (Fsp3) is 0.158. The van der Waals surface area contributed by atoms with Gasteiger partial charge < -0.3 is 20.1 Å². The first-order valence-electron chi connectivity index (χ1n) is 7.82. The molecule has 0 fully saturated rings. The molecule has 0 saturated carbocycles. The van der Waals surface area contributed by atoms with Gasteiger partial charge in [0.15, 0.2) is 11.5 Å². The molecule has 0 aromatic heterocycles. The van der Waals surface area contributed by atoms with Crippen LogP contribution in [0, 0.1) is 0 Å². The minimum Gasteiger partial charge on any atom is -0.493 e. The first-order chi connectivity index (χ1) is 12.8. The zero-order chi connectivity index (χ0) is 20.0. The number of hydrogen-bond donors (Lipinski definition) is 2. The summed E-state index contributed by atoms with van der Waals surface area (Å²) >= 11 is 12.1. The van der Waals surface area contributed by atoms with Crippen LogP contribution in [-0.2, 0) is 9.59 Å². The third-order valence-corrected chi connectivity index (χ3v) is 4.29. The van der Waals surface area contributed by atoms with Crippen LogP contribution in [0.2, 0.25) is 10.0 Å². The van der Waals surface area contributed by atoms with Crippen LogP contribution in [-0.4, -0.2) is 26.0 Å². The number of anilines is 1. The molecule has 0 aliphatic heterocycles. The number of carbonyl (C=O) groups excluding carboxylic acids is 2. The van der Waals surface area contributed by atoms with E-state index in [1.807, 2.05) is 0 Å². The molecule has 2 N–H and O–H groups in total. The van der Waals surface area contributed by atoms with E-state index in [0.717, 1.165) is 0 Å². The van der Waals surface area contributed by atoms with Crippen LogP contribution in [0.5, 0.6) is 11.5 Å². The van der Waals surface area contributed by atoms with Gasteiger partial charge in [0.05, 0.1) is 30.0 Å². The third kappa shape index (κ3) is 5.39. The van der Waals surface area contributed by atoms with Crippen LogP contribution < -0.4 is 20.1 Å². The molecule has 0 aliphatic rings. The highest BCUT2D eigenvalue weighted by atomic mass is 35.5. The molecule has 2 rings (SSSR count). The van der Waals surface area contributed by atoms with Crippen molar-refractivity contribution in [3.05, 3.63) is 57.7 Å². The first-order valence-corrected chi connectivity index (χ1v) is 8.58. The summed E-state index contributed by atoms with van der Waals surface area (Å²) in [5.74, 6) is 0.0934. The number of methoxy groups -OCH3 is 2. The predicted octanol–water partition coefficient (Wildman–Crippen LogP) is 4.13. The molecule has 0 atom stereocenters. The monoisotopic (exact) mass is 408 g/mol. The Morgan fingerprint density at radius 2 is 1.74 bits per heavy atom. The van der Waals surface area contributed by atoms with E-state index in [9.17, 15) is 9.59 Å². The Bertz CT molecular complexity index is 897. The Morgan fingerprint density at radius 3 is 2.37 bits per heavy atom. The van der Waals surface area contributed by atoms with E-state index >= 15 is 0 Å². The molecule has 6 nitrogen and oxygen atoms in total. The maximum absolute atomic E-state index is 12.6. The second-order valence-corrected chi connectivity index (χ2v) is 6.19. The Hall–Kier alpha value is -2.70. The van der Waals surface area contributed by atoms with Gasteiger partial charge >= 0.3 is 0 Å². The van der Waals surface area contributed by atoms with Gasteiger partial charge in [-0.25, -0.2) is 0 Å². The molecule has 0 unspecified atom stereocenters. The minimum absolute atomic E-state index is 0.0331. The number of rotatable bonds is 6. The smallest absolute Gasteiger partial charge is 0.272 e. The molecule has 0 saturated heterocycles. The number of carbonyl (C=O) groups is 2. The number of benzene rings is 2. The third-order valence-electron chi connectivity index (χ3n) is 3.47. The summed E-state index contributed by atoms with van der Waals surface area (Å²) in [6.45, 7) is 1.31. The Balaban J connectivity index is 2.36. The maximum Gasteiger partial charge on any atom is 0.272 e. The molecule has 0 radical (unpaired) electrons. The Labute approximate surface area is 167 Å². The molecular weight excluding hydrogens is 391 g/mol. The lowest BCUT2D eigenvalue weighted by atomic mass is 10.1. The normalized spacial score (nSPS) is 10.9. The van der Waals surface area contributed by atoms with E-state index in [1.165, 1.54) is 27.2 Å². The van der Waals surface area contributed by atoms with Crippen molar-refractivity contribution in [3.8, 4) is 11.5 Å². The molecule has 27 heavy (non-hydrogen) atoms. The molecule has 8 heteroatoms. The number of nitrogens with one attached hydrogen (secondary N) is 2. The van der Waals surface area contributed by atoms with Crippen molar-refractivity contribution in [3.63, 3.8) is 0 Å². The molecule has 0 heterocycles. The summed E-state index contributed by atoms with van der Waals surface area (Å²) in [7, 11) is 3.03. The van der Waals surface area contributed by atoms with Crippen molar-refractivity contribution >= 4 is 46.8 Å². The minimum atomic E-state index is -0.552. The van der Waals surface area contributed by atoms with Gasteiger partial charge in [0.1, 0.15) is 5.70 Å². The van der Waals surface area contributed by atoms with Gasteiger partial charge in [-0.3, -0.25) is 9.59 Å². The predicted molar refractivity (Wildman–Crippen MR) is 106 cm³/mol. The average molecular weight is 409 g/mol. The molecule has 0 spiro atoms. The molecule has 2 aromatic carbocycles. The summed E-state index contributed by atoms with van der Waals surface area (Å²) in [6.07, 6.45) is 1.51. The van der Waals surface area contributed by atoms with Crippen molar-refractivity contribution in [1.29, 1.82) is 0 Å². The van der Waals surface area contributed by atoms with E-state index in [2.05, 4.69) is 10.6 Å². The van der Waals surface area contributed by atoms with Crippen LogP contribution in [0.15, 0.2) is 42.1 Å². The number of ether oxygens (including phenoxy) is 2. The van der Waals surface area contributed by atoms with E-state index in [1.54, 1.807) is 36.4 Å². The second kappa shape index (κ2) is 9.30. The van der Waals surface area contributed by atoms with Gasteiger partial charge in [-0.2, -0.15) is 0 Å². The average Bonchev–Trinajstić information content (AvgIpc) is 2.64. The maximum atomic E-state index is 12.6. The first kappa shape index (κ1) is 20.6. The van der Waals surface area contributed by atoms with Gasteiger partial charge in [0.2, 0.25) is 5.91 Å². The second-order valence-electron chi connectivity index (χ2n) is 5.41. The standard InChI is InChI=1S/C19H18Cl2N2O4/c1-11(24)22-15(9-12-7-8-16(26-2)17(10-12)27-3)19(25)23-14-6-4-5-13(20)18(14)21/h4-10H,1-3H3,(H,22,24)(H,23,25)/b15-9-. The van der Waals surface area contributed by atoms with Gasteiger partial charge in [-0.15, -0.1) is 0 Å². The zero-order valence-electron chi connectivity index (χ0n) is 14.9. The van der Waals surface area contributed by atoms with Crippen molar-refractivity contribution in [2.45, 2.75) is 6.92 Å². The van der Waals surface area contributed by atoms with Crippen LogP contribution in [0.3, 0.4) is 0 Å². The van der Waals surface area contributed by atoms with E-state index in [0.29, 0.717) is 27.8 Å². The summed E-state index contributed by atoms with van der Waals surface area (Å²) < 4.78 is 10.4. The SMILES string of the molecule is COc1ccc(/C=C(\NC(C)=O)C(=O)Nc2cccc(Cl)c2Cl)cc1OC. The van der Waals surface area contributed by atoms with Crippen LogP contribution in [0.4, 0.5) is 5.69 Å². The molecular formula is C19H18Cl2N2O4. The fourth-order valence-corrected chi connectivity index (χ4v) is 2.60. The molecule has 0 bridgehead atoms. The van der Waals surface area contributed by atoms with Gasteiger partial charge in [0.25, 0.3) is 5.91 Å². The molecule has 142 valence electrons. The molecule has 2 aromatic rings. The highest BCUT2D eigenvalue weighted by molar-refractivity contribution is 6.44. The number of halogens is 2. The van der Waals surface area contributed by atoms with Crippen LogP contribution >= 0.6 is 23.2 Å². The lowest BCUT2D eigenvalue weighted by molar-refractivity contribution is -0.120. The van der Waals surface area contributed by atoms with Gasteiger partial charge in [0, 0.05) is 6.92 Å². The van der Waals surface area contributed by atoms with Gasteiger partial charge in [-0.1, -0.05) is 35.3 Å². The van der Waals surface area contributed by atoms with Gasteiger partial charge in [-0.05, 0) is 35.9 Å². The summed E-state index contributed by atoms with van der Waals surface area (Å²) in [5, 5.41) is 5.66. The largest absolute Gasteiger partial charge is 0.493 e. The highest BCUT2D eigenvalue weighted by Crippen LogP contribution is 2.30. The lowest BCUT2D eigenvalue weighted by Crippen LogP contribution is -2.29. The van der Waals surface area contributed by atoms with E-state index in [-0.39, 0.29) is 10.7 Å². The number of amides is 2. The zero-order valence-corrected chi connectivity index (χ0v) is 16.4. The molecule has 2 amide bonds. The highest BCUT2D eigenvalue weighted by Gasteiger charge is 2.15. The summed E-state index contributed by atoms with van der Waals surface area (Å²) in [5.41, 5.74) is 0.993. The summed E-state index contributed by atoms with van der Waals surface area (Å²) in [6, 6.07) is 9.96. The van der Waals surface area contributed by atoms with Crippen molar-refractivity contribution in [2.24, 2.45) is 0 Å². The Morgan fingerprint density at radius 1 is 1.04 bits per heavy atom. The topological polar surface area (TPSA) is 76.7 Å². The van der Waals surface area contributed by atoms with E-state index in [4.69, 9.17) is 32.7 Å². The van der Waals surface area contributed by atoms with Crippen molar-refractivity contribution in [1.82, 2.24) is 5.32 Å². The van der Waals surface area contributed by atoms with Crippen molar-refractivity contribution in [2.75, 3.05) is 19.5 Å². The quantitative estimate of drug-likeness (QED) is 0.704. The van der Waals surface area contributed by atoms with Crippen LogP contribution in [0.25, 0.3) is 6.08 Å². The lowest BCUT2D eigenvalue weighted by Gasteiger charge is -2.12. The summed E-state index contributed by atoms with van der Waals surface area (Å²) in [4.78, 5) is 24.2. The number of hydrogen-bond acceptors (Lipinski definition) is 4. The fourth-order valence-electron chi connectivity index (χ4n) is 2.25. The van der Waals surface area contributed by atoms with Crippen molar-refractivity contribution < 1.29 is 19.1 Å². The van der Waals surface area contributed by atoms with Crippen LogP contribution in [0.1, 0.15) is 12.5 Å². The van der Waals surface area contributed by atoms with E-state index < -0.39 is 11.8 Å². The molecule has 0 aliphatic carbocycles.